The van der Waals surface area contributed by atoms with Crippen molar-refractivity contribution in [2.45, 2.75) is 24.6 Å². The lowest BCUT2D eigenvalue weighted by molar-refractivity contribution is -0.137. The molecule has 8 rings (SSSR count). The van der Waals surface area contributed by atoms with E-state index in [9.17, 15) is 13.2 Å². The summed E-state index contributed by atoms with van der Waals surface area (Å²) in [6, 6.07) is 50.4. The molecule has 2 heterocycles. The van der Waals surface area contributed by atoms with Gasteiger partial charge in [0, 0.05) is 46.9 Å². The van der Waals surface area contributed by atoms with Gasteiger partial charge in [-0.25, -0.2) is 0 Å². The first-order chi connectivity index (χ1) is 23.4. The highest BCUT2D eigenvalue weighted by Gasteiger charge is 2.41. The minimum Gasteiger partial charge on any atom is -0.337 e. The normalized spacial score (nSPS) is 17.1. The molecule has 0 aliphatic carbocycles. The van der Waals surface area contributed by atoms with Crippen LogP contribution in [0, 0.1) is 0 Å². The minimum absolute atomic E-state index is 0.368. The van der Waals surface area contributed by atoms with Crippen LogP contribution in [0.3, 0.4) is 0 Å². The molecule has 6 heteroatoms. The van der Waals surface area contributed by atoms with E-state index in [4.69, 9.17) is 0 Å². The van der Waals surface area contributed by atoms with Gasteiger partial charge in [-0.15, -0.1) is 0 Å². The molecule has 2 aliphatic rings. The predicted molar refractivity (Wildman–Crippen MR) is 190 cm³/mol. The quantitative estimate of drug-likeness (QED) is 0.196. The van der Waals surface area contributed by atoms with Crippen LogP contribution >= 0.6 is 0 Å². The van der Waals surface area contributed by atoms with Crippen molar-refractivity contribution in [1.29, 1.82) is 0 Å². The van der Waals surface area contributed by atoms with Crippen LogP contribution in [-0.4, -0.2) is 19.1 Å². The standard InChI is InChI=1S/C42H34F3N3/c43-42(44,45)33-19-15-31(16-20-33)29-11-13-30(14-12-29)32-17-21-36(22-18-32)48-40-24-23-37(27-38(40)39-28-46-26-25-41(39)48)47(34-7-3-1-4-8-34)35-9-5-2-6-10-35/h1-24,27,39,41,46H,25-26,28H2. The van der Waals surface area contributed by atoms with Crippen LogP contribution < -0.4 is 15.1 Å². The third kappa shape index (κ3) is 5.62. The fourth-order valence-corrected chi connectivity index (χ4v) is 7.30. The van der Waals surface area contributed by atoms with E-state index in [0.717, 1.165) is 71.0 Å². The van der Waals surface area contributed by atoms with E-state index in [1.807, 2.05) is 24.3 Å². The van der Waals surface area contributed by atoms with Crippen LogP contribution in [0.1, 0.15) is 23.5 Å². The summed E-state index contributed by atoms with van der Waals surface area (Å²) in [6.45, 7) is 1.93. The van der Waals surface area contributed by atoms with Gasteiger partial charge in [-0.1, -0.05) is 84.9 Å². The smallest absolute Gasteiger partial charge is 0.337 e. The van der Waals surface area contributed by atoms with Crippen molar-refractivity contribution in [3.63, 3.8) is 0 Å². The van der Waals surface area contributed by atoms with Crippen LogP contribution in [0.25, 0.3) is 22.3 Å². The Balaban J connectivity index is 1.09. The van der Waals surface area contributed by atoms with Crippen molar-refractivity contribution in [2.24, 2.45) is 0 Å². The Hall–Kier alpha value is -5.33. The minimum atomic E-state index is -4.34. The van der Waals surface area contributed by atoms with Gasteiger partial charge in [0.15, 0.2) is 0 Å². The number of hydrogen-bond acceptors (Lipinski definition) is 3. The zero-order valence-corrected chi connectivity index (χ0v) is 26.2. The molecule has 0 saturated carbocycles. The first kappa shape index (κ1) is 30.0. The fraction of sp³-hybridized carbons (Fsp3) is 0.143. The Morgan fingerprint density at radius 1 is 0.583 bits per heavy atom. The van der Waals surface area contributed by atoms with Crippen LogP contribution in [0.5, 0.6) is 0 Å². The van der Waals surface area contributed by atoms with Gasteiger partial charge in [0.25, 0.3) is 0 Å². The van der Waals surface area contributed by atoms with E-state index < -0.39 is 11.7 Å². The summed E-state index contributed by atoms with van der Waals surface area (Å²) in [6.07, 6.45) is -3.28. The molecule has 48 heavy (non-hydrogen) atoms. The van der Waals surface area contributed by atoms with Gasteiger partial charge < -0.3 is 15.1 Å². The molecule has 0 radical (unpaired) electrons. The third-order valence-corrected chi connectivity index (χ3v) is 9.64. The molecule has 0 aromatic heterocycles. The van der Waals surface area contributed by atoms with E-state index in [1.54, 1.807) is 0 Å². The van der Waals surface area contributed by atoms with Gasteiger partial charge in [0.05, 0.1) is 5.56 Å². The average Bonchev–Trinajstić information content (AvgIpc) is 3.46. The molecule has 1 N–H and O–H groups in total. The lowest BCUT2D eigenvalue weighted by atomic mass is 9.90. The largest absolute Gasteiger partial charge is 0.416 e. The van der Waals surface area contributed by atoms with Crippen molar-refractivity contribution < 1.29 is 13.2 Å². The summed E-state index contributed by atoms with van der Waals surface area (Å²) in [5.41, 5.74) is 10.3. The van der Waals surface area contributed by atoms with Gasteiger partial charge in [0.2, 0.25) is 0 Å². The molecule has 6 aromatic rings. The summed E-state index contributed by atoms with van der Waals surface area (Å²) < 4.78 is 39.0. The van der Waals surface area contributed by atoms with E-state index in [2.05, 4.69) is 118 Å². The molecule has 3 nitrogen and oxygen atoms in total. The number of piperidine rings is 1. The van der Waals surface area contributed by atoms with Crippen molar-refractivity contribution >= 4 is 28.4 Å². The molecule has 6 aromatic carbocycles. The molecule has 2 aliphatic heterocycles. The first-order valence-corrected chi connectivity index (χ1v) is 16.4. The maximum absolute atomic E-state index is 13.0. The zero-order valence-electron chi connectivity index (χ0n) is 26.2. The first-order valence-electron chi connectivity index (χ1n) is 16.4. The van der Waals surface area contributed by atoms with Crippen molar-refractivity contribution in [1.82, 2.24) is 5.32 Å². The number of nitrogens with zero attached hydrogens (tertiary/aromatic N) is 2. The molecular weight excluding hydrogens is 603 g/mol. The number of fused-ring (bicyclic) bond motifs is 3. The number of anilines is 5. The summed E-state index contributed by atoms with van der Waals surface area (Å²) in [5, 5.41) is 3.65. The van der Waals surface area contributed by atoms with Gasteiger partial charge in [0.1, 0.15) is 0 Å². The van der Waals surface area contributed by atoms with Crippen molar-refractivity contribution in [3.05, 3.63) is 163 Å². The summed E-state index contributed by atoms with van der Waals surface area (Å²) in [7, 11) is 0. The zero-order chi connectivity index (χ0) is 32.7. The summed E-state index contributed by atoms with van der Waals surface area (Å²) >= 11 is 0. The third-order valence-electron chi connectivity index (χ3n) is 9.64. The van der Waals surface area contributed by atoms with Crippen LogP contribution in [0.15, 0.2) is 152 Å². The monoisotopic (exact) mass is 637 g/mol. The van der Waals surface area contributed by atoms with Gasteiger partial charge in [-0.05, 0) is 108 Å². The summed E-state index contributed by atoms with van der Waals surface area (Å²) in [4.78, 5) is 4.85. The van der Waals surface area contributed by atoms with Gasteiger partial charge in [-0.3, -0.25) is 0 Å². The Kier molecular flexibility index (Phi) is 7.73. The highest BCUT2D eigenvalue weighted by Crippen LogP contribution is 2.50. The second-order valence-electron chi connectivity index (χ2n) is 12.5. The second kappa shape index (κ2) is 12.4. The predicted octanol–water partition coefficient (Wildman–Crippen LogP) is 11.1. The Morgan fingerprint density at radius 3 is 1.65 bits per heavy atom. The molecule has 2 atom stereocenters. The van der Waals surface area contributed by atoms with Gasteiger partial charge in [-0.2, -0.15) is 13.2 Å². The Bertz CT molecular complexity index is 1970. The van der Waals surface area contributed by atoms with Crippen molar-refractivity contribution in [2.75, 3.05) is 22.9 Å². The molecule has 1 saturated heterocycles. The maximum Gasteiger partial charge on any atom is 0.416 e. The molecule has 0 bridgehead atoms. The SMILES string of the molecule is FC(F)(F)c1ccc(-c2ccc(-c3ccc(N4c5ccc(N(c6ccccc6)c6ccccc6)cc5C5CNCCC54)cc3)cc2)cc1. The number of nitrogens with one attached hydrogen (secondary N) is 1. The van der Waals surface area contributed by atoms with E-state index in [1.165, 1.54) is 29.1 Å². The molecule has 1 fully saturated rings. The topological polar surface area (TPSA) is 18.5 Å². The Labute approximate surface area is 278 Å². The van der Waals surface area contributed by atoms with E-state index in [0.29, 0.717) is 12.0 Å². The van der Waals surface area contributed by atoms with E-state index >= 15 is 0 Å². The number of hydrogen-bond donors (Lipinski definition) is 1. The lowest BCUT2D eigenvalue weighted by Gasteiger charge is -2.34. The van der Waals surface area contributed by atoms with Gasteiger partial charge >= 0.3 is 6.18 Å². The van der Waals surface area contributed by atoms with Crippen LogP contribution in [0.2, 0.25) is 0 Å². The highest BCUT2D eigenvalue weighted by atomic mass is 19.4. The molecule has 0 spiro atoms. The van der Waals surface area contributed by atoms with Crippen LogP contribution in [-0.2, 0) is 6.18 Å². The fourth-order valence-electron chi connectivity index (χ4n) is 7.30. The maximum atomic E-state index is 13.0. The Morgan fingerprint density at radius 2 is 1.10 bits per heavy atom. The molecule has 238 valence electrons. The average molecular weight is 638 g/mol. The molecular formula is C42H34F3N3. The van der Waals surface area contributed by atoms with Crippen molar-refractivity contribution in [3.8, 4) is 22.3 Å². The molecule has 0 amide bonds. The summed E-state index contributed by atoms with van der Waals surface area (Å²) in [5.74, 6) is 0.375. The lowest BCUT2D eigenvalue weighted by Crippen LogP contribution is -2.42. The number of alkyl halides is 3. The van der Waals surface area contributed by atoms with E-state index in [-0.39, 0.29) is 0 Å². The highest BCUT2D eigenvalue weighted by molar-refractivity contribution is 5.82. The number of rotatable bonds is 6. The number of para-hydroxylation sites is 2. The van der Waals surface area contributed by atoms with Crippen LogP contribution in [0.4, 0.5) is 41.6 Å². The number of halogens is 3. The molecule has 2 unspecified atom stereocenters. The second-order valence-corrected chi connectivity index (χ2v) is 12.5. The number of benzene rings is 6.